The summed E-state index contributed by atoms with van der Waals surface area (Å²) in [6.07, 6.45) is 2.76. The average molecular weight is 299 g/mol. The van der Waals surface area contributed by atoms with Gasteiger partial charge in [-0.25, -0.2) is 4.68 Å². The Bertz CT molecular complexity index is 672. The number of ether oxygens (including phenoxy) is 1. The Balaban J connectivity index is 1.72. The lowest BCUT2D eigenvalue weighted by molar-refractivity contribution is 0.102. The molecule has 22 heavy (non-hydrogen) atoms. The molecule has 116 valence electrons. The number of carbonyl (C=O) groups excluding carboxylic acids is 1. The molecule has 1 N–H and O–H groups in total. The van der Waals surface area contributed by atoms with E-state index in [0.717, 1.165) is 43.1 Å². The van der Waals surface area contributed by atoms with Crippen molar-refractivity contribution in [2.75, 3.05) is 18.5 Å². The number of nitrogens with zero attached hydrogens (tertiary/aromatic N) is 2. The van der Waals surface area contributed by atoms with Crippen LogP contribution >= 0.6 is 0 Å². The Hall–Kier alpha value is -2.14. The number of hydrogen-bond acceptors (Lipinski definition) is 3. The molecule has 2 heterocycles. The molecule has 1 aliphatic heterocycles. The Morgan fingerprint density at radius 1 is 1.41 bits per heavy atom. The molecule has 1 amide bonds. The van der Waals surface area contributed by atoms with Crippen molar-refractivity contribution < 1.29 is 9.53 Å². The quantitative estimate of drug-likeness (QED) is 0.944. The zero-order chi connectivity index (χ0) is 15.5. The molecule has 5 heteroatoms. The maximum absolute atomic E-state index is 12.5. The van der Waals surface area contributed by atoms with Gasteiger partial charge in [-0.1, -0.05) is 17.7 Å². The van der Waals surface area contributed by atoms with Gasteiger partial charge in [-0.3, -0.25) is 4.79 Å². The van der Waals surface area contributed by atoms with E-state index < -0.39 is 0 Å². The summed E-state index contributed by atoms with van der Waals surface area (Å²) in [5.74, 6) is 1.11. The Morgan fingerprint density at radius 3 is 3.00 bits per heavy atom. The van der Waals surface area contributed by atoms with E-state index in [-0.39, 0.29) is 5.91 Å². The topological polar surface area (TPSA) is 56.2 Å². The van der Waals surface area contributed by atoms with Gasteiger partial charge in [0.25, 0.3) is 5.91 Å². The van der Waals surface area contributed by atoms with E-state index in [2.05, 4.69) is 10.4 Å². The van der Waals surface area contributed by atoms with Gasteiger partial charge >= 0.3 is 0 Å². The van der Waals surface area contributed by atoms with E-state index in [1.54, 1.807) is 6.20 Å². The van der Waals surface area contributed by atoms with Crippen LogP contribution in [0, 0.1) is 19.8 Å². The average Bonchev–Trinajstić information content (AvgIpc) is 3.12. The van der Waals surface area contributed by atoms with Gasteiger partial charge in [0.2, 0.25) is 0 Å². The lowest BCUT2D eigenvalue weighted by Crippen LogP contribution is -2.19. The highest BCUT2D eigenvalue weighted by atomic mass is 16.5. The molecule has 0 radical (unpaired) electrons. The molecule has 1 aromatic heterocycles. The normalized spacial score (nSPS) is 17.6. The largest absolute Gasteiger partial charge is 0.381 e. The first-order chi connectivity index (χ1) is 10.6. The number of amides is 1. The molecule has 1 saturated heterocycles. The zero-order valence-corrected chi connectivity index (χ0v) is 13.0. The van der Waals surface area contributed by atoms with Crippen molar-refractivity contribution in [3.05, 3.63) is 47.2 Å². The molecule has 0 saturated carbocycles. The SMILES string of the molecule is Cc1ccc(C(=O)Nc2ccnn2CC2CCOC2)c(C)c1. The van der Waals surface area contributed by atoms with E-state index in [0.29, 0.717) is 11.5 Å². The van der Waals surface area contributed by atoms with Crippen LogP contribution in [0.4, 0.5) is 5.82 Å². The van der Waals surface area contributed by atoms with Crippen LogP contribution < -0.4 is 5.32 Å². The van der Waals surface area contributed by atoms with Gasteiger partial charge < -0.3 is 10.1 Å². The van der Waals surface area contributed by atoms with Crippen molar-refractivity contribution in [2.45, 2.75) is 26.8 Å². The summed E-state index contributed by atoms with van der Waals surface area (Å²) in [6.45, 7) is 6.33. The van der Waals surface area contributed by atoms with Crippen LogP contribution in [-0.2, 0) is 11.3 Å². The second-order valence-electron chi connectivity index (χ2n) is 5.90. The van der Waals surface area contributed by atoms with Crippen molar-refractivity contribution >= 4 is 11.7 Å². The minimum absolute atomic E-state index is 0.0954. The molecular formula is C17H21N3O2. The molecule has 3 rings (SSSR count). The molecule has 0 aliphatic carbocycles. The number of carbonyl (C=O) groups is 1. The molecule has 1 atom stereocenters. The van der Waals surface area contributed by atoms with Crippen molar-refractivity contribution in [2.24, 2.45) is 5.92 Å². The van der Waals surface area contributed by atoms with Crippen molar-refractivity contribution in [1.29, 1.82) is 0 Å². The number of nitrogens with one attached hydrogen (secondary N) is 1. The third-order valence-electron chi connectivity index (χ3n) is 4.04. The van der Waals surface area contributed by atoms with Crippen LogP contribution in [0.1, 0.15) is 27.9 Å². The van der Waals surface area contributed by atoms with E-state index >= 15 is 0 Å². The Kier molecular flexibility index (Phi) is 4.24. The highest BCUT2D eigenvalue weighted by Gasteiger charge is 2.18. The van der Waals surface area contributed by atoms with Crippen LogP contribution in [0.25, 0.3) is 0 Å². The minimum Gasteiger partial charge on any atom is -0.381 e. The van der Waals surface area contributed by atoms with Crippen molar-refractivity contribution in [1.82, 2.24) is 9.78 Å². The van der Waals surface area contributed by atoms with Gasteiger partial charge in [-0.05, 0) is 31.9 Å². The monoisotopic (exact) mass is 299 g/mol. The summed E-state index contributed by atoms with van der Waals surface area (Å²) in [5.41, 5.74) is 2.83. The van der Waals surface area contributed by atoms with E-state index in [1.165, 1.54) is 0 Å². The van der Waals surface area contributed by atoms with Gasteiger partial charge in [0.1, 0.15) is 5.82 Å². The van der Waals surface area contributed by atoms with Gasteiger partial charge in [0.05, 0.1) is 12.8 Å². The van der Waals surface area contributed by atoms with Gasteiger partial charge in [-0.15, -0.1) is 0 Å². The number of hydrogen-bond donors (Lipinski definition) is 1. The van der Waals surface area contributed by atoms with Gasteiger partial charge in [-0.2, -0.15) is 5.10 Å². The van der Waals surface area contributed by atoms with E-state index in [1.807, 2.05) is 42.8 Å². The highest BCUT2D eigenvalue weighted by Crippen LogP contribution is 2.18. The fraction of sp³-hybridized carbons (Fsp3) is 0.412. The molecule has 1 fully saturated rings. The van der Waals surface area contributed by atoms with Crippen molar-refractivity contribution in [3.63, 3.8) is 0 Å². The molecule has 1 aromatic carbocycles. The first-order valence-electron chi connectivity index (χ1n) is 7.61. The summed E-state index contributed by atoms with van der Waals surface area (Å²) in [7, 11) is 0. The molecule has 1 unspecified atom stereocenters. The first kappa shape index (κ1) is 14.8. The summed E-state index contributed by atoms with van der Waals surface area (Å²) in [4.78, 5) is 12.5. The predicted octanol–water partition coefficient (Wildman–Crippen LogP) is 2.79. The molecule has 2 aromatic rings. The smallest absolute Gasteiger partial charge is 0.257 e. The van der Waals surface area contributed by atoms with E-state index in [9.17, 15) is 4.79 Å². The standard InChI is InChI=1S/C17H21N3O2/c1-12-3-4-15(13(2)9-12)17(21)19-16-5-7-18-20(16)10-14-6-8-22-11-14/h3-5,7,9,14H,6,8,10-11H2,1-2H3,(H,19,21). The number of benzene rings is 1. The van der Waals surface area contributed by atoms with Crippen molar-refractivity contribution in [3.8, 4) is 0 Å². The lowest BCUT2D eigenvalue weighted by atomic mass is 10.1. The number of rotatable bonds is 4. The maximum Gasteiger partial charge on any atom is 0.257 e. The molecular weight excluding hydrogens is 278 g/mol. The fourth-order valence-corrected chi connectivity index (χ4v) is 2.81. The molecule has 5 nitrogen and oxygen atoms in total. The lowest BCUT2D eigenvalue weighted by Gasteiger charge is -2.13. The third-order valence-corrected chi connectivity index (χ3v) is 4.04. The summed E-state index contributed by atoms with van der Waals surface area (Å²) >= 11 is 0. The summed E-state index contributed by atoms with van der Waals surface area (Å²) in [6, 6.07) is 7.67. The minimum atomic E-state index is -0.0954. The first-order valence-corrected chi connectivity index (χ1v) is 7.61. The molecule has 0 bridgehead atoms. The van der Waals surface area contributed by atoms with Crippen LogP contribution in [-0.4, -0.2) is 28.9 Å². The highest BCUT2D eigenvalue weighted by molar-refractivity contribution is 6.04. The van der Waals surface area contributed by atoms with Crippen LogP contribution in [0.2, 0.25) is 0 Å². The zero-order valence-electron chi connectivity index (χ0n) is 13.0. The molecule has 1 aliphatic rings. The fourth-order valence-electron chi connectivity index (χ4n) is 2.81. The number of anilines is 1. The van der Waals surface area contributed by atoms with Gasteiger partial charge in [0, 0.05) is 30.7 Å². The third kappa shape index (κ3) is 3.20. The maximum atomic E-state index is 12.5. The summed E-state index contributed by atoms with van der Waals surface area (Å²) in [5, 5.41) is 7.27. The van der Waals surface area contributed by atoms with Crippen LogP contribution in [0.15, 0.2) is 30.5 Å². The van der Waals surface area contributed by atoms with Crippen LogP contribution in [0.5, 0.6) is 0 Å². The second kappa shape index (κ2) is 6.32. The second-order valence-corrected chi connectivity index (χ2v) is 5.90. The van der Waals surface area contributed by atoms with Gasteiger partial charge in [0.15, 0.2) is 0 Å². The molecule has 0 spiro atoms. The Morgan fingerprint density at radius 2 is 2.27 bits per heavy atom. The van der Waals surface area contributed by atoms with E-state index in [4.69, 9.17) is 4.74 Å². The predicted molar refractivity (Wildman–Crippen MR) is 85.0 cm³/mol. The number of aryl methyl sites for hydroxylation is 2. The summed E-state index contributed by atoms with van der Waals surface area (Å²) < 4.78 is 7.24. The van der Waals surface area contributed by atoms with Crippen LogP contribution in [0.3, 0.4) is 0 Å². The Labute approximate surface area is 130 Å². The number of aromatic nitrogens is 2.